The molecule has 6 rings (SSSR count). The number of hydrogen-bond donors (Lipinski definition) is 4. The molecule has 510 valence electrons. The highest BCUT2D eigenvalue weighted by Crippen LogP contribution is 2.24. The summed E-state index contributed by atoms with van der Waals surface area (Å²) in [5, 5.41) is 28.8. The highest BCUT2D eigenvalue weighted by molar-refractivity contribution is 14.1. The second kappa shape index (κ2) is 56.0. The van der Waals surface area contributed by atoms with E-state index in [4.69, 9.17) is 25.2 Å². The van der Waals surface area contributed by atoms with E-state index in [1.807, 2.05) is 92.8 Å². The van der Waals surface area contributed by atoms with Gasteiger partial charge >= 0.3 is 17.9 Å². The normalized spacial score (nSPS) is 9.93. The number of ether oxygens (including phenoxy) is 3. The molecule has 28 nitrogen and oxygen atoms in total. The summed E-state index contributed by atoms with van der Waals surface area (Å²) in [5.74, 6) is 4.70. The van der Waals surface area contributed by atoms with Crippen molar-refractivity contribution < 1.29 is 44.1 Å². The van der Waals surface area contributed by atoms with E-state index < -0.39 is 0 Å². The summed E-state index contributed by atoms with van der Waals surface area (Å²) in [5.41, 5.74) is 6.98. The number of amides is 1. The fourth-order valence-electron chi connectivity index (χ4n) is 7.92. The van der Waals surface area contributed by atoms with Gasteiger partial charge in [0.1, 0.15) is 9.52 Å². The van der Waals surface area contributed by atoms with Crippen molar-refractivity contribution in [3.05, 3.63) is 102 Å². The molecule has 0 unspecified atom stereocenters. The SMILES string of the molecule is CCOC(=O)CCCCCCN.CCOC(=O)CCCCCCN(c1cnccn1)c1ccc(N(C)C)nn1.CCOC(=O)CCCCCCNc1cnccn1.CN(C)c1ccc(N(CCCCCCC(=O)NO)c2cnccn2)nn1.Cl.Ic1cnccn1.O. The molecule has 30 heteroatoms. The van der Waals surface area contributed by atoms with E-state index in [0.29, 0.717) is 45.5 Å². The lowest BCUT2D eigenvalue weighted by Gasteiger charge is -2.22. The van der Waals surface area contributed by atoms with E-state index in [9.17, 15) is 19.2 Å². The predicted molar refractivity (Wildman–Crippen MR) is 368 cm³/mol. The molecule has 6 heterocycles. The summed E-state index contributed by atoms with van der Waals surface area (Å²) in [6.07, 6.45) is 37.6. The predicted octanol–water partition coefficient (Wildman–Crippen LogP) is 9.45. The number of carbonyl (C=O) groups excluding carboxylic acids is 4. The van der Waals surface area contributed by atoms with E-state index in [1.54, 1.807) is 79.8 Å². The standard InChI is InChI=1S/C19H28N6O2.C17H25N7O2.C13H21N3O2.C9H19NO2.C4H3IN2.ClH.H2O/c1-4-27-19(26)9-7-5-6-8-14-25(18-15-20-12-13-21-18)17-11-10-16(22-23-17)24(2)3;1-23(2)14-8-9-15(21-20-14)24(16-13-18-10-11-19-16)12-6-4-3-5-7-17(25)22-26;1-2-18-13(17)7-5-3-4-6-8-15-12-11-14-9-10-16-12;1-2-12-9(11)7-5-3-4-6-8-10;5-4-3-6-1-2-7-4;;/h10-13,15H,4-9,14H2,1-3H3;8-11,13,26H,3-7,12H2,1-2H3,(H,22,25);9-11H,2-8H2,1H3,(H,15,16);2-8,10H2,1H3;1-3H;1H;1H2. The third kappa shape index (κ3) is 41.6. The van der Waals surface area contributed by atoms with Gasteiger partial charge in [-0.05, 0) is 126 Å². The van der Waals surface area contributed by atoms with Gasteiger partial charge in [0, 0.05) is 123 Å². The highest BCUT2D eigenvalue weighted by atomic mass is 127. The largest absolute Gasteiger partial charge is 0.466 e. The molecule has 0 saturated carbocycles. The van der Waals surface area contributed by atoms with Crippen LogP contribution in [0.3, 0.4) is 0 Å². The van der Waals surface area contributed by atoms with Crippen molar-refractivity contribution in [2.75, 3.05) is 99.1 Å². The average molecular weight is 1420 g/mol. The van der Waals surface area contributed by atoms with E-state index in [-0.39, 0.29) is 41.7 Å². The van der Waals surface area contributed by atoms with Crippen LogP contribution in [-0.2, 0) is 33.4 Å². The Hall–Kier alpha value is -7.74. The number of anilines is 7. The lowest BCUT2D eigenvalue weighted by Crippen LogP contribution is -2.22. The van der Waals surface area contributed by atoms with Gasteiger partial charge in [0.05, 0.1) is 44.6 Å². The number of halogens is 2. The van der Waals surface area contributed by atoms with Gasteiger partial charge in [0.25, 0.3) is 0 Å². The van der Waals surface area contributed by atoms with Crippen LogP contribution in [0.4, 0.5) is 40.7 Å². The average Bonchev–Trinajstić information content (AvgIpc) is 0.935. The number of rotatable bonds is 37. The van der Waals surface area contributed by atoms with Crippen LogP contribution in [0.5, 0.6) is 0 Å². The molecule has 1 amide bonds. The van der Waals surface area contributed by atoms with Gasteiger partial charge in [-0.1, -0.05) is 51.4 Å². The Morgan fingerprint density at radius 2 is 0.837 bits per heavy atom. The topological polar surface area (TPSA) is 365 Å². The Bertz CT molecular complexity index is 2730. The Morgan fingerprint density at radius 1 is 0.467 bits per heavy atom. The Balaban J connectivity index is 0.00000119. The van der Waals surface area contributed by atoms with Gasteiger partial charge < -0.3 is 50.3 Å². The van der Waals surface area contributed by atoms with E-state index in [1.165, 1.54) is 0 Å². The fraction of sp³-hybridized carbons (Fsp3) is 0.548. The van der Waals surface area contributed by atoms with Gasteiger partial charge in [0.15, 0.2) is 34.9 Å². The number of nitrogens with two attached hydrogens (primary N) is 1. The minimum Gasteiger partial charge on any atom is -0.466 e. The van der Waals surface area contributed by atoms with Crippen LogP contribution >= 0.6 is 35.0 Å². The number of unbranched alkanes of at least 4 members (excludes halogenated alkanes) is 12. The molecule has 0 bridgehead atoms. The van der Waals surface area contributed by atoms with Crippen molar-refractivity contribution in [2.45, 2.75) is 149 Å². The number of nitrogens with zero attached hydrogens (tertiary/aromatic N) is 16. The molecular weight excluding hydrogens is 1320 g/mol. The summed E-state index contributed by atoms with van der Waals surface area (Å²) < 4.78 is 15.5. The van der Waals surface area contributed by atoms with Crippen molar-refractivity contribution in [3.8, 4) is 0 Å². The molecule has 0 aromatic carbocycles. The number of carbonyl (C=O) groups is 4. The first-order valence-electron chi connectivity index (χ1n) is 30.9. The number of hydrogen-bond acceptors (Lipinski definition) is 26. The molecule has 0 fully saturated rings. The van der Waals surface area contributed by atoms with Gasteiger partial charge in [-0.3, -0.25) is 44.3 Å². The minimum absolute atomic E-state index is 0. The third-order valence-electron chi connectivity index (χ3n) is 12.5. The van der Waals surface area contributed by atoms with E-state index in [0.717, 1.165) is 173 Å². The fourth-order valence-corrected chi connectivity index (χ4v) is 8.24. The van der Waals surface area contributed by atoms with Crippen LogP contribution in [0, 0.1) is 3.70 Å². The number of hydroxylamine groups is 1. The molecular formula is C62H99ClIN19O9. The van der Waals surface area contributed by atoms with Crippen LogP contribution in [0.2, 0.25) is 0 Å². The molecule has 0 saturated heterocycles. The van der Waals surface area contributed by atoms with Crippen molar-refractivity contribution in [2.24, 2.45) is 5.73 Å². The van der Waals surface area contributed by atoms with Crippen LogP contribution in [0.25, 0.3) is 0 Å². The van der Waals surface area contributed by atoms with Crippen LogP contribution in [-0.4, -0.2) is 169 Å². The molecule has 0 aliphatic heterocycles. The summed E-state index contributed by atoms with van der Waals surface area (Å²) >= 11 is 2.11. The van der Waals surface area contributed by atoms with Crippen LogP contribution in [0.15, 0.2) is 98.6 Å². The molecule has 0 aliphatic rings. The highest BCUT2D eigenvalue weighted by Gasteiger charge is 2.15. The molecule has 7 N–H and O–H groups in total. The van der Waals surface area contributed by atoms with Crippen molar-refractivity contribution in [3.63, 3.8) is 0 Å². The summed E-state index contributed by atoms with van der Waals surface area (Å²) in [7, 11) is 7.70. The van der Waals surface area contributed by atoms with Gasteiger partial charge in [-0.25, -0.2) is 25.4 Å². The first-order valence-corrected chi connectivity index (χ1v) is 31.9. The molecule has 92 heavy (non-hydrogen) atoms. The van der Waals surface area contributed by atoms with Crippen molar-refractivity contribution >= 4 is 99.5 Å². The monoisotopic (exact) mass is 1420 g/mol. The smallest absolute Gasteiger partial charge is 0.305 e. The summed E-state index contributed by atoms with van der Waals surface area (Å²) in [6.45, 7) is 10.0. The lowest BCUT2D eigenvalue weighted by molar-refractivity contribution is -0.144. The van der Waals surface area contributed by atoms with Gasteiger partial charge in [0.2, 0.25) is 5.91 Å². The van der Waals surface area contributed by atoms with Gasteiger partial charge in [-0.2, -0.15) is 0 Å². The van der Waals surface area contributed by atoms with Crippen LogP contribution < -0.4 is 36.1 Å². The third-order valence-corrected chi connectivity index (χ3v) is 13.1. The maximum Gasteiger partial charge on any atom is 0.305 e. The Kier molecular flexibility index (Phi) is 51.3. The van der Waals surface area contributed by atoms with Crippen molar-refractivity contribution in [1.29, 1.82) is 0 Å². The van der Waals surface area contributed by atoms with Crippen LogP contribution in [0.1, 0.15) is 149 Å². The minimum atomic E-state index is -0.345. The Labute approximate surface area is 562 Å². The first-order chi connectivity index (χ1) is 43.8. The quantitative estimate of drug-likeness (QED) is 0.00704. The maximum absolute atomic E-state index is 11.4. The molecule has 0 spiro atoms. The van der Waals surface area contributed by atoms with Gasteiger partial charge in [-0.15, -0.1) is 32.8 Å². The second-order valence-electron chi connectivity index (χ2n) is 20.2. The molecule has 0 radical (unpaired) electrons. The van der Waals surface area contributed by atoms with Crippen molar-refractivity contribution in [1.82, 2.24) is 65.7 Å². The zero-order valence-corrected chi connectivity index (χ0v) is 57.6. The number of aromatic nitrogens is 12. The number of esters is 3. The Morgan fingerprint density at radius 3 is 1.16 bits per heavy atom. The number of nitrogens with one attached hydrogen (secondary N) is 2. The van der Waals surface area contributed by atoms with E-state index in [2.05, 4.69) is 88.2 Å². The zero-order valence-electron chi connectivity index (χ0n) is 54.7. The maximum atomic E-state index is 11.4. The first kappa shape index (κ1) is 84.3. The summed E-state index contributed by atoms with van der Waals surface area (Å²) in [6, 6.07) is 7.71. The van der Waals surface area contributed by atoms with E-state index >= 15 is 0 Å². The second-order valence-corrected chi connectivity index (χ2v) is 21.3. The molecule has 0 aliphatic carbocycles. The lowest BCUT2D eigenvalue weighted by atomic mass is 10.1. The molecule has 0 atom stereocenters. The molecule has 6 aromatic rings. The zero-order chi connectivity index (χ0) is 65.7. The molecule has 6 aromatic heterocycles. The summed E-state index contributed by atoms with van der Waals surface area (Å²) in [4.78, 5) is 84.9.